The molecule has 80 valence electrons. The Morgan fingerprint density at radius 2 is 2.29 bits per heavy atom. The minimum atomic E-state index is 0.172. The highest BCUT2D eigenvalue weighted by Crippen LogP contribution is 2.18. The molecule has 0 fully saturated rings. The molecule has 0 amide bonds. The summed E-state index contributed by atoms with van der Waals surface area (Å²) in [5.74, 6) is 0. The SMILES string of the molecule is CC(C)(CCO)CNCc1cc[nH]c1. The van der Waals surface area contributed by atoms with E-state index in [0.717, 1.165) is 19.5 Å². The molecule has 0 unspecified atom stereocenters. The number of aromatic amines is 1. The van der Waals surface area contributed by atoms with Crippen molar-refractivity contribution in [3.8, 4) is 0 Å². The van der Waals surface area contributed by atoms with Crippen LogP contribution in [-0.2, 0) is 6.54 Å². The number of aromatic nitrogens is 1. The molecular formula is C11H20N2O. The minimum Gasteiger partial charge on any atom is -0.396 e. The number of hydrogen-bond acceptors (Lipinski definition) is 2. The lowest BCUT2D eigenvalue weighted by Gasteiger charge is -2.23. The molecule has 1 aromatic rings. The third kappa shape index (κ3) is 3.94. The van der Waals surface area contributed by atoms with Gasteiger partial charge in [-0.05, 0) is 23.5 Å². The number of rotatable bonds is 6. The summed E-state index contributed by atoms with van der Waals surface area (Å²) in [5.41, 5.74) is 1.44. The van der Waals surface area contributed by atoms with Crippen LogP contribution in [-0.4, -0.2) is 23.2 Å². The predicted octanol–water partition coefficient (Wildman–Crippen LogP) is 1.51. The van der Waals surface area contributed by atoms with Crippen LogP contribution in [0, 0.1) is 5.41 Å². The van der Waals surface area contributed by atoms with Gasteiger partial charge in [0, 0.05) is 32.1 Å². The van der Waals surface area contributed by atoms with Gasteiger partial charge in [0.1, 0.15) is 0 Å². The third-order valence-corrected chi connectivity index (χ3v) is 2.38. The van der Waals surface area contributed by atoms with Crippen LogP contribution in [0.2, 0.25) is 0 Å². The van der Waals surface area contributed by atoms with Gasteiger partial charge < -0.3 is 15.4 Å². The quantitative estimate of drug-likeness (QED) is 0.646. The van der Waals surface area contributed by atoms with Crippen LogP contribution in [0.15, 0.2) is 18.5 Å². The Bertz CT molecular complexity index is 242. The minimum absolute atomic E-state index is 0.172. The molecule has 0 radical (unpaired) electrons. The fourth-order valence-electron chi connectivity index (χ4n) is 1.40. The summed E-state index contributed by atoms with van der Waals surface area (Å²) in [6.07, 6.45) is 4.76. The lowest BCUT2D eigenvalue weighted by atomic mass is 9.90. The van der Waals surface area contributed by atoms with E-state index >= 15 is 0 Å². The van der Waals surface area contributed by atoms with Crippen molar-refractivity contribution < 1.29 is 5.11 Å². The van der Waals surface area contributed by atoms with Gasteiger partial charge in [-0.1, -0.05) is 13.8 Å². The molecule has 1 aromatic heterocycles. The van der Waals surface area contributed by atoms with E-state index in [1.165, 1.54) is 5.56 Å². The fourth-order valence-corrected chi connectivity index (χ4v) is 1.40. The fraction of sp³-hybridized carbons (Fsp3) is 0.636. The van der Waals surface area contributed by atoms with Crippen molar-refractivity contribution in [1.29, 1.82) is 0 Å². The smallest absolute Gasteiger partial charge is 0.0436 e. The second kappa shape index (κ2) is 5.17. The molecule has 0 aliphatic rings. The van der Waals surface area contributed by atoms with E-state index in [2.05, 4.69) is 30.2 Å². The molecule has 3 heteroatoms. The molecule has 0 spiro atoms. The van der Waals surface area contributed by atoms with Crippen molar-refractivity contribution >= 4 is 0 Å². The maximum absolute atomic E-state index is 8.85. The first-order valence-electron chi connectivity index (χ1n) is 5.07. The molecule has 14 heavy (non-hydrogen) atoms. The van der Waals surface area contributed by atoms with E-state index in [1.807, 2.05) is 12.4 Å². The summed E-state index contributed by atoms with van der Waals surface area (Å²) in [7, 11) is 0. The molecule has 0 saturated heterocycles. The van der Waals surface area contributed by atoms with Crippen molar-refractivity contribution in [3.63, 3.8) is 0 Å². The van der Waals surface area contributed by atoms with E-state index < -0.39 is 0 Å². The third-order valence-electron chi connectivity index (χ3n) is 2.38. The van der Waals surface area contributed by atoms with Crippen LogP contribution in [0.25, 0.3) is 0 Å². The highest BCUT2D eigenvalue weighted by atomic mass is 16.3. The number of aliphatic hydroxyl groups is 1. The Hall–Kier alpha value is -0.800. The van der Waals surface area contributed by atoms with Gasteiger partial charge >= 0.3 is 0 Å². The number of H-pyrrole nitrogens is 1. The van der Waals surface area contributed by atoms with Crippen molar-refractivity contribution in [1.82, 2.24) is 10.3 Å². The molecule has 3 N–H and O–H groups in total. The second-order valence-corrected chi connectivity index (χ2v) is 4.46. The summed E-state index contributed by atoms with van der Waals surface area (Å²) in [4.78, 5) is 3.02. The Labute approximate surface area is 85.5 Å². The highest BCUT2D eigenvalue weighted by Gasteiger charge is 2.15. The molecular weight excluding hydrogens is 176 g/mol. The average molecular weight is 196 g/mol. The van der Waals surface area contributed by atoms with Crippen molar-refractivity contribution in [2.24, 2.45) is 5.41 Å². The molecule has 0 bridgehead atoms. The van der Waals surface area contributed by atoms with E-state index in [-0.39, 0.29) is 12.0 Å². The van der Waals surface area contributed by atoms with Gasteiger partial charge in [0.05, 0.1) is 0 Å². The van der Waals surface area contributed by atoms with E-state index in [0.29, 0.717) is 0 Å². The Kier molecular flexibility index (Phi) is 4.17. The molecule has 3 nitrogen and oxygen atoms in total. The molecule has 0 saturated carbocycles. The number of hydrogen-bond donors (Lipinski definition) is 3. The lowest BCUT2D eigenvalue weighted by molar-refractivity contribution is 0.207. The maximum Gasteiger partial charge on any atom is 0.0436 e. The van der Waals surface area contributed by atoms with Gasteiger partial charge in [-0.25, -0.2) is 0 Å². The van der Waals surface area contributed by atoms with Gasteiger partial charge in [0.2, 0.25) is 0 Å². The largest absolute Gasteiger partial charge is 0.396 e. The topological polar surface area (TPSA) is 48.0 Å². The van der Waals surface area contributed by atoms with Crippen molar-refractivity contribution in [3.05, 3.63) is 24.0 Å². The van der Waals surface area contributed by atoms with Gasteiger partial charge in [-0.2, -0.15) is 0 Å². The molecule has 0 atom stereocenters. The zero-order valence-corrected chi connectivity index (χ0v) is 9.01. The van der Waals surface area contributed by atoms with Crippen LogP contribution in [0.5, 0.6) is 0 Å². The highest BCUT2D eigenvalue weighted by molar-refractivity contribution is 5.07. The first-order valence-corrected chi connectivity index (χ1v) is 5.07. The van der Waals surface area contributed by atoms with Gasteiger partial charge in [0.15, 0.2) is 0 Å². The van der Waals surface area contributed by atoms with Crippen LogP contribution in [0.3, 0.4) is 0 Å². The van der Waals surface area contributed by atoms with Crippen LogP contribution in [0.1, 0.15) is 25.8 Å². The van der Waals surface area contributed by atoms with E-state index in [1.54, 1.807) is 0 Å². The molecule has 1 heterocycles. The summed E-state index contributed by atoms with van der Waals surface area (Å²) >= 11 is 0. The average Bonchev–Trinajstić information content (AvgIpc) is 2.56. The maximum atomic E-state index is 8.85. The Morgan fingerprint density at radius 1 is 1.50 bits per heavy atom. The van der Waals surface area contributed by atoms with Crippen molar-refractivity contribution in [2.45, 2.75) is 26.8 Å². The molecule has 0 aliphatic carbocycles. The van der Waals surface area contributed by atoms with Gasteiger partial charge in [-0.15, -0.1) is 0 Å². The van der Waals surface area contributed by atoms with Gasteiger partial charge in [0.25, 0.3) is 0 Å². The standard InChI is InChI=1S/C11H20N2O/c1-11(2,4-6-14)9-13-8-10-3-5-12-7-10/h3,5,7,12-14H,4,6,8-9H2,1-2H3. The first-order chi connectivity index (χ1) is 6.64. The first kappa shape index (κ1) is 11.3. The normalized spacial score (nSPS) is 11.9. The lowest BCUT2D eigenvalue weighted by Crippen LogP contribution is -2.29. The summed E-state index contributed by atoms with van der Waals surface area (Å²) in [5, 5.41) is 12.2. The molecule has 1 rings (SSSR count). The molecule has 0 aliphatic heterocycles. The predicted molar refractivity (Wildman–Crippen MR) is 58.0 cm³/mol. The summed E-state index contributed by atoms with van der Waals surface area (Å²) < 4.78 is 0. The monoisotopic (exact) mass is 196 g/mol. The van der Waals surface area contributed by atoms with E-state index in [4.69, 9.17) is 5.11 Å². The zero-order chi connectivity index (χ0) is 10.4. The Balaban J connectivity index is 2.20. The second-order valence-electron chi connectivity index (χ2n) is 4.46. The summed E-state index contributed by atoms with van der Waals surface area (Å²) in [6, 6.07) is 2.06. The molecule has 0 aromatic carbocycles. The van der Waals surface area contributed by atoms with Crippen LogP contribution in [0.4, 0.5) is 0 Å². The Morgan fingerprint density at radius 3 is 2.86 bits per heavy atom. The summed E-state index contributed by atoms with van der Waals surface area (Å²) in [6.45, 7) is 6.40. The van der Waals surface area contributed by atoms with E-state index in [9.17, 15) is 0 Å². The van der Waals surface area contributed by atoms with Crippen molar-refractivity contribution in [2.75, 3.05) is 13.2 Å². The number of nitrogens with one attached hydrogen (secondary N) is 2. The van der Waals surface area contributed by atoms with Crippen LogP contribution >= 0.6 is 0 Å². The van der Waals surface area contributed by atoms with Gasteiger partial charge in [-0.3, -0.25) is 0 Å². The van der Waals surface area contributed by atoms with Crippen LogP contribution < -0.4 is 5.32 Å². The number of aliphatic hydroxyl groups excluding tert-OH is 1. The zero-order valence-electron chi connectivity index (χ0n) is 9.01.